The number of phenolic OH excluding ortho intramolecular Hbond substituents is 1. The highest BCUT2D eigenvalue weighted by atomic mass is 35.5. The second-order valence-electron chi connectivity index (χ2n) is 7.03. The van der Waals surface area contributed by atoms with Crippen molar-refractivity contribution in [1.82, 2.24) is 0 Å². The third kappa shape index (κ3) is 6.23. The summed E-state index contributed by atoms with van der Waals surface area (Å²) in [5.74, 6) is -0.305. The van der Waals surface area contributed by atoms with Crippen LogP contribution >= 0.6 is 11.6 Å². The van der Waals surface area contributed by atoms with Crippen molar-refractivity contribution < 1.29 is 15.3 Å². The third-order valence-electron chi connectivity index (χ3n) is 4.90. The van der Waals surface area contributed by atoms with E-state index in [1.165, 1.54) is 11.6 Å². The fourth-order valence-electron chi connectivity index (χ4n) is 3.34. The standard InChI is InChI=1S/C24H29ClO3/c1-3-8-17(15-19-12-13-20(26)16-22(19)25)11-14-23(27)21(4-2)24(28)18-9-6-5-7-10-18/h4-7,9-10,12-13,15-16,21,23-24,26-28H,2-3,8,11,14H2,1H3/b17-15+/t21-,23-,24-/m1/s1. The number of allylic oxidation sites excluding steroid dienone is 1. The van der Waals surface area contributed by atoms with E-state index in [1.54, 1.807) is 18.2 Å². The molecule has 3 N–H and O–H groups in total. The Morgan fingerprint density at radius 3 is 2.43 bits per heavy atom. The van der Waals surface area contributed by atoms with Gasteiger partial charge in [0.1, 0.15) is 5.75 Å². The highest BCUT2D eigenvalue weighted by Gasteiger charge is 2.25. The number of phenols is 1. The Morgan fingerprint density at radius 1 is 1.11 bits per heavy atom. The smallest absolute Gasteiger partial charge is 0.117 e. The van der Waals surface area contributed by atoms with E-state index in [2.05, 4.69) is 13.5 Å². The highest BCUT2D eigenvalue weighted by molar-refractivity contribution is 6.32. The lowest BCUT2D eigenvalue weighted by atomic mass is 9.87. The summed E-state index contributed by atoms with van der Waals surface area (Å²) in [6.45, 7) is 5.91. The summed E-state index contributed by atoms with van der Waals surface area (Å²) < 4.78 is 0. The molecular formula is C24H29ClO3. The van der Waals surface area contributed by atoms with Gasteiger partial charge in [-0.05, 0) is 48.6 Å². The molecule has 0 aliphatic heterocycles. The molecule has 2 rings (SSSR count). The third-order valence-corrected chi connectivity index (χ3v) is 5.23. The Balaban J connectivity index is 2.08. The highest BCUT2D eigenvalue weighted by Crippen LogP contribution is 2.30. The van der Waals surface area contributed by atoms with E-state index in [4.69, 9.17) is 11.6 Å². The first-order valence-corrected chi connectivity index (χ1v) is 10.1. The van der Waals surface area contributed by atoms with E-state index in [1.807, 2.05) is 36.4 Å². The lowest BCUT2D eigenvalue weighted by Gasteiger charge is -2.25. The van der Waals surface area contributed by atoms with E-state index < -0.39 is 18.1 Å². The molecule has 0 aliphatic carbocycles. The van der Waals surface area contributed by atoms with Crippen LogP contribution in [-0.4, -0.2) is 21.4 Å². The van der Waals surface area contributed by atoms with E-state index in [0.29, 0.717) is 17.9 Å². The van der Waals surface area contributed by atoms with Gasteiger partial charge in [-0.25, -0.2) is 0 Å². The Hall–Kier alpha value is -2.07. The van der Waals surface area contributed by atoms with E-state index >= 15 is 0 Å². The van der Waals surface area contributed by atoms with Crippen molar-refractivity contribution in [2.75, 3.05) is 0 Å². The number of aliphatic hydroxyl groups is 2. The van der Waals surface area contributed by atoms with Crippen LogP contribution < -0.4 is 0 Å². The molecule has 0 amide bonds. The summed E-state index contributed by atoms with van der Waals surface area (Å²) in [6.07, 6.45) is 5.23. The minimum Gasteiger partial charge on any atom is -0.508 e. The number of rotatable bonds is 10. The first-order chi connectivity index (χ1) is 13.5. The number of aliphatic hydroxyl groups excluding tert-OH is 2. The molecule has 150 valence electrons. The van der Waals surface area contributed by atoms with Crippen molar-refractivity contribution >= 4 is 17.7 Å². The molecule has 0 heterocycles. The molecule has 3 nitrogen and oxygen atoms in total. The monoisotopic (exact) mass is 400 g/mol. The van der Waals surface area contributed by atoms with Crippen LogP contribution in [0.2, 0.25) is 5.02 Å². The van der Waals surface area contributed by atoms with Gasteiger partial charge in [-0.2, -0.15) is 0 Å². The molecule has 28 heavy (non-hydrogen) atoms. The Labute approximate surface area is 172 Å². The van der Waals surface area contributed by atoms with Gasteiger partial charge in [0.05, 0.1) is 17.2 Å². The van der Waals surface area contributed by atoms with Gasteiger partial charge >= 0.3 is 0 Å². The van der Waals surface area contributed by atoms with Crippen LogP contribution in [0.4, 0.5) is 0 Å². The maximum Gasteiger partial charge on any atom is 0.117 e. The fourth-order valence-corrected chi connectivity index (χ4v) is 3.57. The van der Waals surface area contributed by atoms with Gasteiger partial charge in [-0.3, -0.25) is 0 Å². The zero-order valence-electron chi connectivity index (χ0n) is 16.3. The molecule has 0 saturated carbocycles. The van der Waals surface area contributed by atoms with Crippen LogP contribution in [0.25, 0.3) is 6.08 Å². The maximum atomic E-state index is 10.7. The second kappa shape index (κ2) is 11.1. The van der Waals surface area contributed by atoms with Gasteiger partial charge in [-0.15, -0.1) is 6.58 Å². The molecule has 0 unspecified atom stereocenters. The largest absolute Gasteiger partial charge is 0.508 e. The molecule has 3 atom stereocenters. The van der Waals surface area contributed by atoms with Crippen LogP contribution in [-0.2, 0) is 0 Å². The summed E-state index contributed by atoms with van der Waals surface area (Å²) in [6, 6.07) is 14.3. The fraction of sp³-hybridized carbons (Fsp3) is 0.333. The van der Waals surface area contributed by atoms with Crippen molar-refractivity contribution in [2.24, 2.45) is 5.92 Å². The second-order valence-corrected chi connectivity index (χ2v) is 7.44. The predicted octanol–water partition coefficient (Wildman–Crippen LogP) is 5.91. The quantitative estimate of drug-likeness (QED) is 0.434. The Morgan fingerprint density at radius 2 is 1.82 bits per heavy atom. The van der Waals surface area contributed by atoms with Gasteiger partial charge in [0.25, 0.3) is 0 Å². The number of aromatic hydroxyl groups is 1. The lowest BCUT2D eigenvalue weighted by molar-refractivity contribution is 0.0318. The first kappa shape index (κ1) is 22.2. The van der Waals surface area contributed by atoms with Gasteiger partial charge < -0.3 is 15.3 Å². The average molecular weight is 401 g/mol. The normalized spacial score (nSPS) is 15.1. The zero-order valence-corrected chi connectivity index (χ0v) is 17.0. The molecule has 0 saturated heterocycles. The molecule has 0 spiro atoms. The number of halogens is 1. The van der Waals surface area contributed by atoms with Crippen LogP contribution in [0.5, 0.6) is 5.75 Å². The van der Waals surface area contributed by atoms with Gasteiger partial charge in [0.15, 0.2) is 0 Å². The van der Waals surface area contributed by atoms with Crippen molar-refractivity contribution in [1.29, 1.82) is 0 Å². The average Bonchev–Trinajstić information content (AvgIpc) is 2.69. The predicted molar refractivity (Wildman–Crippen MR) is 116 cm³/mol. The molecule has 2 aromatic carbocycles. The summed E-state index contributed by atoms with van der Waals surface area (Å²) >= 11 is 6.22. The van der Waals surface area contributed by atoms with Gasteiger partial charge in [0.2, 0.25) is 0 Å². The van der Waals surface area contributed by atoms with Crippen molar-refractivity contribution in [3.8, 4) is 5.75 Å². The summed E-state index contributed by atoms with van der Waals surface area (Å²) in [5, 5.41) is 31.3. The molecule has 0 bridgehead atoms. The van der Waals surface area contributed by atoms with Crippen molar-refractivity contribution in [3.63, 3.8) is 0 Å². The van der Waals surface area contributed by atoms with Gasteiger partial charge in [-0.1, -0.05) is 73.0 Å². The van der Waals surface area contributed by atoms with Crippen LogP contribution in [0.15, 0.2) is 66.8 Å². The molecule has 0 fully saturated rings. The van der Waals surface area contributed by atoms with Crippen molar-refractivity contribution in [2.45, 2.75) is 44.8 Å². The molecule has 0 aliphatic rings. The van der Waals surface area contributed by atoms with E-state index in [0.717, 1.165) is 24.0 Å². The maximum absolute atomic E-state index is 10.7. The van der Waals surface area contributed by atoms with Gasteiger partial charge in [0, 0.05) is 5.92 Å². The lowest BCUT2D eigenvalue weighted by Crippen LogP contribution is -2.25. The number of hydrogen-bond donors (Lipinski definition) is 3. The van der Waals surface area contributed by atoms with Crippen LogP contribution in [0.1, 0.15) is 49.8 Å². The van der Waals surface area contributed by atoms with Crippen LogP contribution in [0, 0.1) is 5.92 Å². The van der Waals surface area contributed by atoms with Crippen molar-refractivity contribution in [3.05, 3.63) is 82.9 Å². The first-order valence-electron chi connectivity index (χ1n) is 9.67. The number of benzene rings is 2. The molecule has 2 aromatic rings. The van der Waals surface area contributed by atoms with Crippen LogP contribution in [0.3, 0.4) is 0 Å². The van der Waals surface area contributed by atoms with E-state index in [-0.39, 0.29) is 5.75 Å². The Kier molecular flexibility index (Phi) is 8.78. The molecule has 0 radical (unpaired) electrons. The summed E-state index contributed by atoms with van der Waals surface area (Å²) in [4.78, 5) is 0. The minimum absolute atomic E-state index is 0.137. The topological polar surface area (TPSA) is 60.7 Å². The van der Waals surface area contributed by atoms with E-state index in [9.17, 15) is 15.3 Å². The zero-order chi connectivity index (χ0) is 20.5. The summed E-state index contributed by atoms with van der Waals surface area (Å²) in [5.41, 5.74) is 2.79. The molecular weight excluding hydrogens is 372 g/mol. The molecule has 4 heteroatoms. The summed E-state index contributed by atoms with van der Waals surface area (Å²) in [7, 11) is 0. The Bertz CT molecular complexity index is 786. The number of hydrogen-bond acceptors (Lipinski definition) is 3. The minimum atomic E-state index is -0.793. The molecule has 0 aromatic heterocycles. The SMILES string of the molecule is C=C[C@H]([C@H](O)CC/C(=C/c1ccc(O)cc1Cl)CCC)[C@H](O)c1ccccc1.